The van der Waals surface area contributed by atoms with Crippen LogP contribution in [0.25, 0.3) is 10.8 Å². The standard InChI is InChI=1S/C19H21N3O.C2HF3O2/c1-13(16-8-7-15-5-3-4-6-17(15)9-16)10-22-11-18(12-22)19-20-14(2)21-23-19;3-2(4,5)1(6)7/h3-9,13,18H,10-12H2,1-2H3;(H,6,7). The molecule has 9 heteroatoms. The minimum atomic E-state index is -5.08. The van der Waals surface area contributed by atoms with Crippen molar-refractivity contribution in [1.29, 1.82) is 0 Å². The number of benzene rings is 2. The minimum Gasteiger partial charge on any atom is -0.475 e. The second-order valence-electron chi connectivity index (χ2n) is 7.41. The third-order valence-electron chi connectivity index (χ3n) is 4.97. The van der Waals surface area contributed by atoms with Crippen LogP contribution in [0.5, 0.6) is 0 Å². The Bertz CT molecular complexity index is 1010. The summed E-state index contributed by atoms with van der Waals surface area (Å²) >= 11 is 0. The number of carboxylic acid groups (broad SMARTS) is 1. The van der Waals surface area contributed by atoms with E-state index in [2.05, 4.69) is 64.4 Å². The van der Waals surface area contributed by atoms with Crippen LogP contribution in [-0.4, -0.2) is 51.9 Å². The molecule has 4 rings (SSSR count). The molecule has 1 atom stereocenters. The first kappa shape index (κ1) is 21.8. The van der Waals surface area contributed by atoms with Crippen molar-refractivity contribution in [2.24, 2.45) is 0 Å². The molecular formula is C21H22F3N3O3. The zero-order valence-corrected chi connectivity index (χ0v) is 16.6. The Balaban J connectivity index is 0.000000318. The topological polar surface area (TPSA) is 79.5 Å². The molecule has 1 aliphatic heterocycles. The number of likely N-dealkylation sites (tertiary alicyclic amines) is 1. The number of hydrogen-bond donors (Lipinski definition) is 1. The van der Waals surface area contributed by atoms with Crippen LogP contribution >= 0.6 is 0 Å². The summed E-state index contributed by atoms with van der Waals surface area (Å²) < 4.78 is 37.0. The number of carboxylic acids is 1. The van der Waals surface area contributed by atoms with Crippen molar-refractivity contribution < 1.29 is 27.6 Å². The van der Waals surface area contributed by atoms with Gasteiger partial charge in [-0.3, -0.25) is 0 Å². The van der Waals surface area contributed by atoms with Crippen LogP contribution in [0, 0.1) is 6.92 Å². The molecule has 3 aromatic rings. The number of aliphatic carboxylic acids is 1. The van der Waals surface area contributed by atoms with Gasteiger partial charge in [-0.05, 0) is 29.2 Å². The van der Waals surface area contributed by atoms with Gasteiger partial charge in [0.15, 0.2) is 5.82 Å². The lowest BCUT2D eigenvalue weighted by Gasteiger charge is -2.38. The Kier molecular flexibility index (Phi) is 6.40. The Labute approximate surface area is 171 Å². The first-order chi connectivity index (χ1) is 14.1. The SMILES string of the molecule is Cc1noc(C2CN(CC(C)c3ccc4ccccc4c3)C2)n1.O=C(O)C(F)(F)F. The van der Waals surface area contributed by atoms with E-state index in [1.165, 1.54) is 16.3 Å². The lowest BCUT2D eigenvalue weighted by Crippen LogP contribution is -2.46. The first-order valence-corrected chi connectivity index (χ1v) is 9.45. The molecule has 1 saturated heterocycles. The third-order valence-corrected chi connectivity index (χ3v) is 4.97. The van der Waals surface area contributed by atoms with E-state index in [1.54, 1.807) is 0 Å². The van der Waals surface area contributed by atoms with E-state index in [0.717, 1.165) is 31.3 Å². The molecule has 6 nitrogen and oxygen atoms in total. The molecule has 0 aliphatic carbocycles. The van der Waals surface area contributed by atoms with Gasteiger partial charge in [0, 0.05) is 19.6 Å². The van der Waals surface area contributed by atoms with Gasteiger partial charge in [-0.25, -0.2) is 4.79 Å². The highest BCUT2D eigenvalue weighted by molar-refractivity contribution is 5.83. The van der Waals surface area contributed by atoms with E-state index < -0.39 is 12.1 Å². The molecule has 0 radical (unpaired) electrons. The highest BCUT2D eigenvalue weighted by Crippen LogP contribution is 2.29. The lowest BCUT2D eigenvalue weighted by molar-refractivity contribution is -0.192. The van der Waals surface area contributed by atoms with Gasteiger partial charge in [-0.1, -0.05) is 54.5 Å². The smallest absolute Gasteiger partial charge is 0.475 e. The number of aromatic nitrogens is 2. The summed E-state index contributed by atoms with van der Waals surface area (Å²) in [5.41, 5.74) is 1.40. The lowest BCUT2D eigenvalue weighted by atomic mass is 9.93. The van der Waals surface area contributed by atoms with E-state index in [9.17, 15) is 13.2 Å². The maximum Gasteiger partial charge on any atom is 0.490 e. The van der Waals surface area contributed by atoms with Gasteiger partial charge in [-0.15, -0.1) is 0 Å². The number of carbonyl (C=O) groups is 1. The fraction of sp³-hybridized carbons (Fsp3) is 0.381. The van der Waals surface area contributed by atoms with Crippen molar-refractivity contribution in [3.8, 4) is 0 Å². The molecule has 1 N–H and O–H groups in total. The van der Waals surface area contributed by atoms with Crippen molar-refractivity contribution in [3.63, 3.8) is 0 Å². The molecule has 160 valence electrons. The molecule has 1 unspecified atom stereocenters. The van der Waals surface area contributed by atoms with E-state index in [1.807, 2.05) is 6.92 Å². The van der Waals surface area contributed by atoms with E-state index in [-0.39, 0.29) is 0 Å². The molecule has 1 fully saturated rings. The number of alkyl halides is 3. The number of rotatable bonds is 4. The second kappa shape index (κ2) is 8.83. The van der Waals surface area contributed by atoms with Gasteiger partial charge in [0.2, 0.25) is 5.89 Å². The Hall–Kier alpha value is -2.94. The van der Waals surface area contributed by atoms with Crippen LogP contribution in [0.1, 0.15) is 36.0 Å². The molecular weight excluding hydrogens is 399 g/mol. The average Bonchev–Trinajstić information content (AvgIpc) is 3.09. The van der Waals surface area contributed by atoms with Crippen molar-refractivity contribution in [2.45, 2.75) is 31.9 Å². The molecule has 0 amide bonds. The summed E-state index contributed by atoms with van der Waals surface area (Å²) in [7, 11) is 0. The molecule has 30 heavy (non-hydrogen) atoms. The highest BCUT2D eigenvalue weighted by Gasteiger charge is 2.38. The summed E-state index contributed by atoms with van der Waals surface area (Å²) in [5.74, 6) is -0.322. The van der Waals surface area contributed by atoms with Gasteiger partial charge >= 0.3 is 12.1 Å². The molecule has 2 heterocycles. The highest BCUT2D eigenvalue weighted by atomic mass is 19.4. The third kappa shape index (κ3) is 5.35. The van der Waals surface area contributed by atoms with Gasteiger partial charge in [-0.2, -0.15) is 18.2 Å². The zero-order valence-electron chi connectivity index (χ0n) is 16.6. The van der Waals surface area contributed by atoms with Crippen molar-refractivity contribution in [2.75, 3.05) is 19.6 Å². The van der Waals surface area contributed by atoms with Gasteiger partial charge in [0.1, 0.15) is 0 Å². The predicted molar refractivity (Wildman–Crippen MR) is 104 cm³/mol. The minimum absolute atomic E-state index is 0.403. The largest absolute Gasteiger partial charge is 0.490 e. The maximum absolute atomic E-state index is 10.6. The van der Waals surface area contributed by atoms with Gasteiger partial charge in [0.05, 0.1) is 5.92 Å². The van der Waals surface area contributed by atoms with Crippen LogP contribution in [0.3, 0.4) is 0 Å². The number of hydrogen-bond acceptors (Lipinski definition) is 5. The summed E-state index contributed by atoms with van der Waals surface area (Å²) in [6.45, 7) is 7.26. The Morgan fingerprint density at radius 1 is 1.23 bits per heavy atom. The molecule has 0 saturated carbocycles. The number of nitrogens with zero attached hydrogens (tertiary/aromatic N) is 3. The second-order valence-corrected chi connectivity index (χ2v) is 7.41. The maximum atomic E-state index is 10.6. The summed E-state index contributed by atoms with van der Waals surface area (Å²) in [6, 6.07) is 15.3. The van der Waals surface area contributed by atoms with Gasteiger partial charge in [0.25, 0.3) is 0 Å². The van der Waals surface area contributed by atoms with Crippen LogP contribution in [-0.2, 0) is 4.79 Å². The summed E-state index contributed by atoms with van der Waals surface area (Å²) in [5, 5.41) is 13.6. The summed E-state index contributed by atoms with van der Waals surface area (Å²) in [4.78, 5) is 15.7. The Morgan fingerprint density at radius 2 is 1.87 bits per heavy atom. The van der Waals surface area contributed by atoms with Gasteiger partial charge < -0.3 is 14.5 Å². The molecule has 1 aromatic heterocycles. The molecule has 0 spiro atoms. The fourth-order valence-electron chi connectivity index (χ4n) is 3.36. The fourth-order valence-corrected chi connectivity index (χ4v) is 3.36. The predicted octanol–water partition coefficient (Wildman–Crippen LogP) is 4.37. The number of fused-ring (bicyclic) bond motifs is 1. The van der Waals surface area contributed by atoms with Crippen molar-refractivity contribution in [1.82, 2.24) is 15.0 Å². The van der Waals surface area contributed by atoms with E-state index in [4.69, 9.17) is 14.4 Å². The van der Waals surface area contributed by atoms with E-state index >= 15 is 0 Å². The number of halogens is 3. The van der Waals surface area contributed by atoms with Crippen molar-refractivity contribution in [3.05, 3.63) is 59.7 Å². The van der Waals surface area contributed by atoms with Crippen LogP contribution in [0.2, 0.25) is 0 Å². The van der Waals surface area contributed by atoms with Crippen LogP contribution in [0.15, 0.2) is 47.0 Å². The molecule has 1 aliphatic rings. The van der Waals surface area contributed by atoms with Crippen LogP contribution in [0.4, 0.5) is 13.2 Å². The average molecular weight is 421 g/mol. The summed E-state index contributed by atoms with van der Waals surface area (Å²) in [6.07, 6.45) is -5.08. The number of aryl methyl sites for hydroxylation is 1. The quantitative estimate of drug-likeness (QED) is 0.674. The van der Waals surface area contributed by atoms with E-state index in [0.29, 0.717) is 11.8 Å². The zero-order chi connectivity index (χ0) is 21.9. The monoisotopic (exact) mass is 421 g/mol. The molecule has 2 aromatic carbocycles. The molecule has 0 bridgehead atoms. The normalized spacial score (nSPS) is 15.9. The Morgan fingerprint density at radius 3 is 2.43 bits per heavy atom. The first-order valence-electron chi connectivity index (χ1n) is 9.45. The van der Waals surface area contributed by atoms with Crippen molar-refractivity contribution >= 4 is 16.7 Å². The van der Waals surface area contributed by atoms with Crippen LogP contribution < -0.4 is 0 Å².